The minimum absolute atomic E-state index is 0.726. The number of hydrogen-bond acceptors (Lipinski definition) is 1. The second-order valence-electron chi connectivity index (χ2n) is 4.93. The Morgan fingerprint density at radius 2 is 1.47 bits per heavy atom. The van der Waals surface area contributed by atoms with Crippen LogP contribution in [0, 0.1) is 5.92 Å². The van der Waals surface area contributed by atoms with Gasteiger partial charge in [0.15, 0.2) is 0 Å². The highest BCUT2D eigenvalue weighted by Gasteiger charge is 1.93. The Balaban J connectivity index is 0. The van der Waals surface area contributed by atoms with Gasteiger partial charge in [0.05, 0.1) is 12.9 Å². The average Bonchev–Trinajstić information content (AvgIpc) is 2.29. The van der Waals surface area contributed by atoms with Gasteiger partial charge in [-0.2, -0.15) is 0 Å². The maximum Gasteiger partial charge on any atom is 0.0844 e. The lowest BCUT2D eigenvalue weighted by molar-refractivity contribution is 0.270. The number of unbranched alkanes of at least 4 members (excludes halogenated alkanes) is 6. The van der Waals surface area contributed by atoms with Crippen LogP contribution < -0.4 is 0 Å². The van der Waals surface area contributed by atoms with Crippen LogP contribution in [0.15, 0.2) is 12.8 Å². The summed E-state index contributed by atoms with van der Waals surface area (Å²) in [5.74, 6) is 0.903. The largest absolute Gasteiger partial charge is 0.502 e. The van der Waals surface area contributed by atoms with Gasteiger partial charge in [-0.3, -0.25) is 0 Å². The number of hydrogen-bond donors (Lipinski definition) is 0. The Bertz CT molecular complexity index is 129. The molecule has 104 valence electrons. The minimum Gasteiger partial charge on any atom is -0.502 e. The lowest BCUT2D eigenvalue weighted by atomic mass is 10.0. The summed E-state index contributed by atoms with van der Waals surface area (Å²) in [7, 11) is 0. The Morgan fingerprint density at radius 3 is 1.82 bits per heavy atom. The summed E-state index contributed by atoms with van der Waals surface area (Å²) >= 11 is 0. The van der Waals surface area contributed by atoms with Crippen LogP contribution in [0.5, 0.6) is 0 Å². The Morgan fingerprint density at radius 1 is 0.941 bits per heavy atom. The molecule has 1 nitrogen and oxygen atoms in total. The average molecular weight is 242 g/mol. The fourth-order valence-corrected chi connectivity index (χ4v) is 1.63. The molecule has 0 aliphatic heterocycles. The van der Waals surface area contributed by atoms with Crippen molar-refractivity contribution < 1.29 is 4.74 Å². The Kier molecular flexibility index (Phi) is 19.9. The molecule has 0 aromatic carbocycles. The molecule has 0 N–H and O–H groups in total. The van der Waals surface area contributed by atoms with Crippen LogP contribution in [0.2, 0.25) is 0 Å². The van der Waals surface area contributed by atoms with E-state index >= 15 is 0 Å². The predicted molar refractivity (Wildman–Crippen MR) is 79.3 cm³/mol. The topological polar surface area (TPSA) is 9.23 Å². The van der Waals surface area contributed by atoms with E-state index in [1.54, 1.807) is 0 Å². The fourth-order valence-electron chi connectivity index (χ4n) is 1.63. The van der Waals surface area contributed by atoms with Crippen LogP contribution in [0.25, 0.3) is 0 Å². The first kappa shape index (κ1) is 18.9. The van der Waals surface area contributed by atoms with Gasteiger partial charge in [-0.25, -0.2) is 0 Å². The van der Waals surface area contributed by atoms with Crippen molar-refractivity contribution in [2.75, 3.05) is 6.61 Å². The van der Waals surface area contributed by atoms with Crippen molar-refractivity contribution in [1.82, 2.24) is 0 Å². The van der Waals surface area contributed by atoms with Crippen LogP contribution in [0.4, 0.5) is 0 Å². The van der Waals surface area contributed by atoms with E-state index in [1.807, 2.05) is 6.92 Å². The third-order valence-corrected chi connectivity index (χ3v) is 2.67. The van der Waals surface area contributed by atoms with Gasteiger partial charge in [0.1, 0.15) is 0 Å². The van der Waals surface area contributed by atoms with Crippen molar-refractivity contribution in [3.8, 4) is 0 Å². The van der Waals surface area contributed by atoms with Crippen LogP contribution in [0.3, 0.4) is 0 Å². The SMILES string of the molecule is C=COCC.CCCCCCCCCC(C)C. The molecular formula is C16H34O. The van der Waals surface area contributed by atoms with Crippen molar-refractivity contribution >= 4 is 0 Å². The lowest BCUT2D eigenvalue weighted by Crippen LogP contribution is -1.87. The molecule has 0 radical (unpaired) electrons. The summed E-state index contributed by atoms with van der Waals surface area (Å²) in [6.45, 7) is 12.9. The van der Waals surface area contributed by atoms with Crippen LogP contribution in [-0.4, -0.2) is 6.61 Å². The van der Waals surface area contributed by atoms with E-state index in [2.05, 4.69) is 32.1 Å². The molecule has 17 heavy (non-hydrogen) atoms. The molecule has 0 fully saturated rings. The molecular weight excluding hydrogens is 208 g/mol. The predicted octanol–water partition coefficient (Wildman–Crippen LogP) is 5.95. The molecule has 0 rings (SSSR count). The van der Waals surface area contributed by atoms with Crippen molar-refractivity contribution in [2.24, 2.45) is 5.92 Å². The summed E-state index contributed by atoms with van der Waals surface area (Å²) in [5.41, 5.74) is 0. The first-order chi connectivity index (χ1) is 8.18. The molecule has 0 saturated carbocycles. The van der Waals surface area contributed by atoms with E-state index in [0.29, 0.717) is 0 Å². The van der Waals surface area contributed by atoms with Gasteiger partial charge in [0, 0.05) is 0 Å². The van der Waals surface area contributed by atoms with Crippen molar-refractivity contribution in [3.05, 3.63) is 12.8 Å². The zero-order chi connectivity index (χ0) is 13.4. The van der Waals surface area contributed by atoms with Crippen molar-refractivity contribution in [2.45, 2.75) is 79.1 Å². The van der Waals surface area contributed by atoms with E-state index in [-0.39, 0.29) is 0 Å². The van der Waals surface area contributed by atoms with Gasteiger partial charge in [-0.1, -0.05) is 78.7 Å². The van der Waals surface area contributed by atoms with Gasteiger partial charge in [0.2, 0.25) is 0 Å². The Labute approximate surface area is 110 Å². The van der Waals surface area contributed by atoms with Crippen molar-refractivity contribution in [1.29, 1.82) is 0 Å². The fraction of sp³-hybridized carbons (Fsp3) is 0.875. The monoisotopic (exact) mass is 242 g/mol. The van der Waals surface area contributed by atoms with Crippen LogP contribution >= 0.6 is 0 Å². The summed E-state index contributed by atoms with van der Waals surface area (Å²) in [5, 5.41) is 0. The normalized spacial score (nSPS) is 9.71. The van der Waals surface area contributed by atoms with Gasteiger partial charge in [0.25, 0.3) is 0 Å². The first-order valence-electron chi connectivity index (χ1n) is 7.41. The summed E-state index contributed by atoms with van der Waals surface area (Å²) in [6.07, 6.45) is 13.0. The molecule has 0 atom stereocenters. The maximum atomic E-state index is 4.60. The standard InChI is InChI=1S/C12H26.C4H8O/c1-4-5-6-7-8-9-10-11-12(2)3;1-3-5-4-2/h12H,4-11H2,1-3H3;3H,1,4H2,2H3. The van der Waals surface area contributed by atoms with E-state index in [0.717, 1.165) is 12.5 Å². The van der Waals surface area contributed by atoms with Crippen molar-refractivity contribution in [3.63, 3.8) is 0 Å². The molecule has 0 bridgehead atoms. The molecule has 1 heteroatoms. The summed E-state index contributed by atoms with van der Waals surface area (Å²) < 4.78 is 4.60. The molecule has 0 aliphatic rings. The molecule has 0 aromatic heterocycles. The molecule has 0 saturated heterocycles. The van der Waals surface area contributed by atoms with Gasteiger partial charge in [-0.05, 0) is 12.8 Å². The maximum absolute atomic E-state index is 4.60. The summed E-state index contributed by atoms with van der Waals surface area (Å²) in [6, 6.07) is 0. The molecule has 0 unspecified atom stereocenters. The van der Waals surface area contributed by atoms with E-state index in [1.165, 1.54) is 57.6 Å². The molecule has 0 heterocycles. The smallest absolute Gasteiger partial charge is 0.0844 e. The minimum atomic E-state index is 0.726. The zero-order valence-electron chi connectivity index (χ0n) is 12.6. The third-order valence-electron chi connectivity index (χ3n) is 2.67. The first-order valence-corrected chi connectivity index (χ1v) is 7.41. The van der Waals surface area contributed by atoms with E-state index in [9.17, 15) is 0 Å². The molecule has 0 amide bonds. The number of rotatable bonds is 10. The second-order valence-corrected chi connectivity index (χ2v) is 4.93. The third kappa shape index (κ3) is 25.6. The van der Waals surface area contributed by atoms with E-state index < -0.39 is 0 Å². The highest BCUT2D eigenvalue weighted by atomic mass is 16.5. The zero-order valence-corrected chi connectivity index (χ0v) is 12.6. The molecule has 0 spiro atoms. The molecule has 0 aliphatic carbocycles. The summed E-state index contributed by atoms with van der Waals surface area (Å²) in [4.78, 5) is 0. The van der Waals surface area contributed by atoms with Crippen LogP contribution in [-0.2, 0) is 4.74 Å². The van der Waals surface area contributed by atoms with Gasteiger partial charge >= 0.3 is 0 Å². The van der Waals surface area contributed by atoms with Gasteiger partial charge < -0.3 is 4.74 Å². The van der Waals surface area contributed by atoms with Gasteiger partial charge in [-0.15, -0.1) is 0 Å². The quantitative estimate of drug-likeness (QED) is 0.340. The number of ether oxygens (including phenoxy) is 1. The highest BCUT2D eigenvalue weighted by Crippen LogP contribution is 2.11. The van der Waals surface area contributed by atoms with E-state index in [4.69, 9.17) is 0 Å². The van der Waals surface area contributed by atoms with Crippen LogP contribution in [0.1, 0.15) is 79.1 Å². The second kappa shape index (κ2) is 17.9. The lowest BCUT2D eigenvalue weighted by Gasteiger charge is -2.03. The highest BCUT2D eigenvalue weighted by molar-refractivity contribution is 4.48. The Hall–Kier alpha value is -0.460. The molecule has 0 aromatic rings.